The van der Waals surface area contributed by atoms with Crippen LogP contribution in [0.25, 0.3) is 0 Å². The van der Waals surface area contributed by atoms with Crippen LogP contribution in [0.3, 0.4) is 0 Å². The summed E-state index contributed by atoms with van der Waals surface area (Å²) in [5.74, 6) is -1.70. The fourth-order valence-corrected chi connectivity index (χ4v) is 1.93. The molecule has 2 aromatic rings. The highest BCUT2D eigenvalue weighted by Crippen LogP contribution is 2.25. The van der Waals surface area contributed by atoms with Gasteiger partial charge in [-0.15, -0.1) is 0 Å². The molecule has 0 spiro atoms. The van der Waals surface area contributed by atoms with Crippen molar-refractivity contribution in [2.24, 2.45) is 0 Å². The molecule has 2 aromatic carbocycles. The van der Waals surface area contributed by atoms with Gasteiger partial charge in [-0.2, -0.15) is 0 Å². The number of nitrogen functional groups attached to an aromatic ring is 1. The van der Waals surface area contributed by atoms with Crippen LogP contribution in [0.2, 0.25) is 5.02 Å². The molecule has 0 aliphatic heterocycles. The fraction of sp³-hybridized carbons (Fsp3) is 0.0714. The van der Waals surface area contributed by atoms with Crippen LogP contribution in [0.4, 0.5) is 20.2 Å². The molecule has 2 rings (SSSR count). The summed E-state index contributed by atoms with van der Waals surface area (Å²) >= 11 is 5.72. The lowest BCUT2D eigenvalue weighted by molar-refractivity contribution is 0.0993. The largest absolute Gasteiger partial charge is 0.396 e. The third-order valence-electron chi connectivity index (χ3n) is 2.84. The van der Waals surface area contributed by atoms with Crippen molar-refractivity contribution < 1.29 is 13.6 Å². The Bertz CT molecular complexity index is 659. The Morgan fingerprint density at radius 3 is 2.40 bits per heavy atom. The smallest absolute Gasteiger partial charge is 0.260 e. The highest BCUT2D eigenvalue weighted by atomic mass is 35.5. The maximum Gasteiger partial charge on any atom is 0.260 e. The second-order valence-electron chi connectivity index (χ2n) is 4.19. The number of hydrogen-bond donors (Lipinski definition) is 1. The summed E-state index contributed by atoms with van der Waals surface area (Å²) in [7, 11) is 1.48. The molecule has 0 radical (unpaired) electrons. The van der Waals surface area contributed by atoms with Gasteiger partial charge in [0.1, 0.15) is 11.6 Å². The second kappa shape index (κ2) is 5.46. The van der Waals surface area contributed by atoms with Crippen molar-refractivity contribution >= 4 is 28.9 Å². The molecule has 0 heterocycles. The normalized spacial score (nSPS) is 10.4. The molecule has 2 N–H and O–H groups in total. The molecule has 0 unspecified atom stereocenters. The van der Waals surface area contributed by atoms with E-state index in [4.69, 9.17) is 17.3 Å². The van der Waals surface area contributed by atoms with Crippen molar-refractivity contribution in [3.05, 3.63) is 58.6 Å². The van der Waals surface area contributed by atoms with Gasteiger partial charge >= 0.3 is 0 Å². The highest BCUT2D eigenvalue weighted by Gasteiger charge is 2.19. The van der Waals surface area contributed by atoms with Gasteiger partial charge in [0.15, 0.2) is 0 Å². The van der Waals surface area contributed by atoms with Crippen LogP contribution < -0.4 is 10.6 Å². The molecule has 0 aromatic heterocycles. The minimum absolute atomic E-state index is 0.0400. The van der Waals surface area contributed by atoms with Crippen molar-refractivity contribution in [2.75, 3.05) is 17.7 Å². The molecular weight excluding hydrogens is 286 g/mol. The van der Waals surface area contributed by atoms with Crippen LogP contribution in [0.1, 0.15) is 10.4 Å². The van der Waals surface area contributed by atoms with Gasteiger partial charge in [-0.05, 0) is 36.4 Å². The quantitative estimate of drug-likeness (QED) is 0.863. The Hall–Kier alpha value is -2.14. The summed E-state index contributed by atoms with van der Waals surface area (Å²) in [6, 6.07) is 7.64. The molecule has 20 heavy (non-hydrogen) atoms. The molecule has 3 nitrogen and oxygen atoms in total. The SMILES string of the molecule is CN(C(=O)c1cc(Cl)cc(F)c1N)c1ccc(F)cc1. The minimum Gasteiger partial charge on any atom is -0.396 e. The summed E-state index contributed by atoms with van der Waals surface area (Å²) in [5, 5.41) is 0.0764. The van der Waals surface area contributed by atoms with E-state index in [1.165, 1.54) is 42.3 Å². The summed E-state index contributed by atoms with van der Waals surface area (Å²) in [4.78, 5) is 13.5. The van der Waals surface area contributed by atoms with Crippen molar-refractivity contribution in [3.63, 3.8) is 0 Å². The van der Waals surface area contributed by atoms with E-state index in [0.717, 1.165) is 6.07 Å². The number of halogens is 3. The second-order valence-corrected chi connectivity index (χ2v) is 4.63. The Balaban J connectivity index is 2.38. The van der Waals surface area contributed by atoms with E-state index in [1.807, 2.05) is 0 Å². The minimum atomic E-state index is -0.756. The van der Waals surface area contributed by atoms with Gasteiger partial charge in [-0.3, -0.25) is 4.79 Å². The number of carbonyl (C=O) groups excluding carboxylic acids is 1. The molecule has 0 aliphatic rings. The number of amides is 1. The van der Waals surface area contributed by atoms with Crippen LogP contribution in [-0.4, -0.2) is 13.0 Å². The average molecular weight is 297 g/mol. The van der Waals surface area contributed by atoms with Crippen molar-refractivity contribution in [2.45, 2.75) is 0 Å². The van der Waals surface area contributed by atoms with Crippen LogP contribution in [0.15, 0.2) is 36.4 Å². The highest BCUT2D eigenvalue weighted by molar-refractivity contribution is 6.31. The molecule has 0 saturated carbocycles. The lowest BCUT2D eigenvalue weighted by Crippen LogP contribution is -2.27. The molecule has 0 bridgehead atoms. The first-order valence-electron chi connectivity index (χ1n) is 5.68. The van der Waals surface area contributed by atoms with Gasteiger partial charge in [0, 0.05) is 17.8 Å². The molecule has 0 aliphatic carbocycles. The lowest BCUT2D eigenvalue weighted by atomic mass is 10.1. The monoisotopic (exact) mass is 296 g/mol. The zero-order valence-corrected chi connectivity index (χ0v) is 11.3. The van der Waals surface area contributed by atoms with Crippen LogP contribution in [0.5, 0.6) is 0 Å². The number of hydrogen-bond acceptors (Lipinski definition) is 2. The number of rotatable bonds is 2. The molecule has 0 fully saturated rings. The fourth-order valence-electron chi connectivity index (χ4n) is 1.72. The van der Waals surface area contributed by atoms with Gasteiger partial charge in [0.25, 0.3) is 5.91 Å². The molecule has 1 amide bonds. The van der Waals surface area contributed by atoms with E-state index in [2.05, 4.69) is 0 Å². The third-order valence-corrected chi connectivity index (χ3v) is 3.06. The van der Waals surface area contributed by atoms with E-state index < -0.39 is 17.5 Å². The summed E-state index contributed by atoms with van der Waals surface area (Å²) in [6.45, 7) is 0. The first-order chi connectivity index (χ1) is 9.40. The van der Waals surface area contributed by atoms with Gasteiger partial charge in [0.05, 0.1) is 11.3 Å². The molecule has 6 heteroatoms. The van der Waals surface area contributed by atoms with Crippen molar-refractivity contribution in [1.29, 1.82) is 0 Å². The van der Waals surface area contributed by atoms with E-state index in [0.29, 0.717) is 5.69 Å². The standard InChI is InChI=1S/C14H11ClF2N2O/c1-19(10-4-2-9(16)3-5-10)14(20)11-6-8(15)7-12(17)13(11)18/h2-7H,18H2,1H3. The number of nitrogens with two attached hydrogens (primary N) is 1. The Kier molecular flexibility index (Phi) is 3.90. The van der Waals surface area contributed by atoms with Crippen LogP contribution in [0, 0.1) is 11.6 Å². The Labute approximate surface area is 119 Å². The van der Waals surface area contributed by atoms with Crippen molar-refractivity contribution in [3.8, 4) is 0 Å². The first-order valence-corrected chi connectivity index (χ1v) is 6.06. The third kappa shape index (κ3) is 2.72. The molecule has 0 saturated heterocycles. The van der Waals surface area contributed by atoms with E-state index in [9.17, 15) is 13.6 Å². The average Bonchev–Trinajstić information content (AvgIpc) is 2.42. The van der Waals surface area contributed by atoms with E-state index in [-0.39, 0.29) is 16.3 Å². The number of anilines is 2. The van der Waals surface area contributed by atoms with Gasteiger partial charge < -0.3 is 10.6 Å². The van der Waals surface area contributed by atoms with Gasteiger partial charge in [-0.25, -0.2) is 8.78 Å². The summed E-state index contributed by atoms with van der Waals surface area (Å²) < 4.78 is 26.3. The number of nitrogens with zero attached hydrogens (tertiary/aromatic N) is 1. The zero-order valence-electron chi connectivity index (χ0n) is 10.5. The van der Waals surface area contributed by atoms with Crippen molar-refractivity contribution in [1.82, 2.24) is 0 Å². The van der Waals surface area contributed by atoms with Gasteiger partial charge in [0.2, 0.25) is 0 Å². The maximum atomic E-state index is 13.5. The number of carbonyl (C=O) groups is 1. The number of benzene rings is 2. The first kappa shape index (κ1) is 14.3. The lowest BCUT2D eigenvalue weighted by Gasteiger charge is -2.18. The predicted octanol–water partition coefficient (Wildman–Crippen LogP) is 3.48. The predicted molar refractivity (Wildman–Crippen MR) is 75.0 cm³/mol. The molecule has 104 valence electrons. The maximum absolute atomic E-state index is 13.5. The summed E-state index contributed by atoms with van der Waals surface area (Å²) in [5.41, 5.74) is 5.70. The van der Waals surface area contributed by atoms with Gasteiger partial charge in [-0.1, -0.05) is 11.6 Å². The topological polar surface area (TPSA) is 46.3 Å². The summed E-state index contributed by atoms with van der Waals surface area (Å²) in [6.07, 6.45) is 0. The molecule has 0 atom stereocenters. The molecular formula is C14H11ClF2N2O. The van der Waals surface area contributed by atoms with E-state index >= 15 is 0 Å². The van der Waals surface area contributed by atoms with Crippen LogP contribution in [-0.2, 0) is 0 Å². The van der Waals surface area contributed by atoms with E-state index in [1.54, 1.807) is 0 Å². The zero-order chi connectivity index (χ0) is 14.9. The van der Waals surface area contributed by atoms with Crippen LogP contribution >= 0.6 is 11.6 Å². The Morgan fingerprint density at radius 1 is 1.20 bits per heavy atom. The Morgan fingerprint density at radius 2 is 1.80 bits per heavy atom.